The van der Waals surface area contributed by atoms with Crippen LogP contribution in [0.25, 0.3) is 5.69 Å². The summed E-state index contributed by atoms with van der Waals surface area (Å²) >= 11 is 0. The van der Waals surface area contributed by atoms with Crippen LogP contribution in [0.5, 0.6) is 0 Å². The quantitative estimate of drug-likeness (QED) is 0.751. The maximum Gasteiger partial charge on any atom is 0.276 e. The molecule has 0 bridgehead atoms. The monoisotopic (exact) mass is 240 g/mol. The molecule has 2 aromatic rings. The first-order valence-electron chi connectivity index (χ1n) is 5.39. The van der Waals surface area contributed by atoms with Crippen LogP contribution in [0.2, 0.25) is 0 Å². The molecule has 1 amide bonds. The van der Waals surface area contributed by atoms with Crippen molar-refractivity contribution in [3.8, 4) is 18.0 Å². The van der Waals surface area contributed by atoms with E-state index in [1.54, 1.807) is 7.05 Å². The van der Waals surface area contributed by atoms with E-state index in [1.165, 1.54) is 15.9 Å². The fraction of sp³-hybridized carbons (Fsp3) is 0.154. The largest absolute Gasteiger partial charge is 0.329 e. The van der Waals surface area contributed by atoms with Crippen LogP contribution in [-0.4, -0.2) is 39.4 Å². The van der Waals surface area contributed by atoms with Gasteiger partial charge in [-0.2, -0.15) is 9.90 Å². The highest BCUT2D eigenvalue weighted by atomic mass is 16.2. The third-order valence-corrected chi connectivity index (χ3v) is 2.37. The summed E-state index contributed by atoms with van der Waals surface area (Å²) in [4.78, 5) is 14.7. The molecule has 0 saturated heterocycles. The molecule has 0 fully saturated rings. The van der Waals surface area contributed by atoms with Crippen LogP contribution >= 0.6 is 0 Å². The molecular formula is C13H12N4O. The van der Waals surface area contributed by atoms with Gasteiger partial charge in [0, 0.05) is 7.05 Å². The minimum Gasteiger partial charge on any atom is -0.329 e. The fourth-order valence-corrected chi connectivity index (χ4v) is 1.45. The van der Waals surface area contributed by atoms with Crippen LogP contribution in [0.3, 0.4) is 0 Å². The first kappa shape index (κ1) is 11.9. The van der Waals surface area contributed by atoms with Crippen molar-refractivity contribution in [1.82, 2.24) is 19.9 Å². The lowest BCUT2D eigenvalue weighted by Gasteiger charge is -2.10. The Labute approximate surface area is 105 Å². The van der Waals surface area contributed by atoms with E-state index in [-0.39, 0.29) is 18.1 Å². The van der Waals surface area contributed by atoms with Crippen molar-refractivity contribution in [2.24, 2.45) is 0 Å². The number of rotatable bonds is 3. The van der Waals surface area contributed by atoms with Gasteiger partial charge in [-0.15, -0.1) is 11.5 Å². The van der Waals surface area contributed by atoms with E-state index in [9.17, 15) is 4.79 Å². The highest BCUT2D eigenvalue weighted by Crippen LogP contribution is 2.05. The lowest BCUT2D eigenvalue weighted by molar-refractivity contribution is 0.0806. The Bertz CT molecular complexity index is 583. The Balaban J connectivity index is 2.22. The summed E-state index contributed by atoms with van der Waals surface area (Å²) in [5, 5.41) is 8.19. The standard InChI is InChI=1S/C13H12N4O/c1-3-9-16(2)13(18)12-10-14-17(15-12)11-7-5-4-6-8-11/h1,4-8,10H,9H2,2H3. The highest BCUT2D eigenvalue weighted by molar-refractivity contribution is 5.91. The fourth-order valence-electron chi connectivity index (χ4n) is 1.45. The second-order valence-electron chi connectivity index (χ2n) is 3.72. The van der Waals surface area contributed by atoms with E-state index in [0.717, 1.165) is 5.69 Å². The molecule has 1 aromatic heterocycles. The molecular weight excluding hydrogens is 228 g/mol. The second kappa shape index (κ2) is 5.15. The lowest BCUT2D eigenvalue weighted by atomic mass is 10.3. The molecule has 0 aliphatic rings. The molecule has 1 heterocycles. The summed E-state index contributed by atoms with van der Waals surface area (Å²) in [7, 11) is 1.63. The molecule has 5 nitrogen and oxygen atoms in total. The van der Waals surface area contributed by atoms with Gasteiger partial charge in [-0.05, 0) is 12.1 Å². The van der Waals surface area contributed by atoms with E-state index in [2.05, 4.69) is 16.1 Å². The maximum absolute atomic E-state index is 11.9. The van der Waals surface area contributed by atoms with E-state index >= 15 is 0 Å². The summed E-state index contributed by atoms with van der Waals surface area (Å²) < 4.78 is 0. The van der Waals surface area contributed by atoms with Crippen molar-refractivity contribution in [3.63, 3.8) is 0 Å². The molecule has 90 valence electrons. The average molecular weight is 240 g/mol. The molecule has 0 spiro atoms. The van der Waals surface area contributed by atoms with E-state index in [4.69, 9.17) is 6.42 Å². The minimum atomic E-state index is -0.241. The Hall–Kier alpha value is -2.61. The lowest BCUT2D eigenvalue weighted by Crippen LogP contribution is -2.27. The predicted octanol–water partition coefficient (Wildman–Crippen LogP) is 0.972. The van der Waals surface area contributed by atoms with Gasteiger partial charge < -0.3 is 4.90 Å². The van der Waals surface area contributed by atoms with Gasteiger partial charge in [0.2, 0.25) is 0 Å². The average Bonchev–Trinajstić information content (AvgIpc) is 2.89. The molecule has 2 rings (SSSR count). The highest BCUT2D eigenvalue weighted by Gasteiger charge is 2.15. The number of aromatic nitrogens is 3. The summed E-state index contributed by atoms with van der Waals surface area (Å²) in [6, 6.07) is 9.38. The van der Waals surface area contributed by atoms with Gasteiger partial charge in [-0.3, -0.25) is 4.79 Å². The first-order valence-corrected chi connectivity index (χ1v) is 5.39. The normalized spacial score (nSPS) is 9.78. The SMILES string of the molecule is C#CCN(C)C(=O)c1cnn(-c2ccccc2)n1. The summed E-state index contributed by atoms with van der Waals surface area (Å²) in [6.07, 6.45) is 6.59. The first-order chi connectivity index (χ1) is 8.72. The number of nitrogens with zero attached hydrogens (tertiary/aromatic N) is 4. The Morgan fingerprint density at radius 1 is 1.44 bits per heavy atom. The van der Waals surface area contributed by atoms with Crippen molar-refractivity contribution in [2.75, 3.05) is 13.6 Å². The third kappa shape index (κ3) is 2.38. The zero-order valence-corrected chi connectivity index (χ0v) is 9.95. The number of benzene rings is 1. The number of amides is 1. The zero-order chi connectivity index (χ0) is 13.0. The topological polar surface area (TPSA) is 51.0 Å². The van der Waals surface area contributed by atoms with Gasteiger partial charge in [0.1, 0.15) is 0 Å². The molecule has 0 N–H and O–H groups in total. The molecule has 0 saturated carbocycles. The molecule has 1 aromatic carbocycles. The summed E-state index contributed by atoms with van der Waals surface area (Å²) in [6.45, 7) is 0.247. The third-order valence-electron chi connectivity index (χ3n) is 2.37. The van der Waals surface area contributed by atoms with Crippen molar-refractivity contribution < 1.29 is 4.79 Å². The van der Waals surface area contributed by atoms with Gasteiger partial charge >= 0.3 is 0 Å². The van der Waals surface area contributed by atoms with Crippen molar-refractivity contribution in [1.29, 1.82) is 0 Å². The maximum atomic E-state index is 11.9. The number of hydrogen-bond donors (Lipinski definition) is 0. The number of para-hydroxylation sites is 1. The molecule has 0 aliphatic heterocycles. The number of carbonyl (C=O) groups is 1. The molecule has 0 radical (unpaired) electrons. The molecule has 18 heavy (non-hydrogen) atoms. The van der Waals surface area contributed by atoms with Crippen LogP contribution in [0.4, 0.5) is 0 Å². The van der Waals surface area contributed by atoms with Crippen molar-refractivity contribution >= 4 is 5.91 Å². The van der Waals surface area contributed by atoms with Gasteiger partial charge in [0.15, 0.2) is 5.69 Å². The van der Waals surface area contributed by atoms with Crippen LogP contribution in [0.15, 0.2) is 36.5 Å². The smallest absolute Gasteiger partial charge is 0.276 e. The van der Waals surface area contributed by atoms with Crippen LogP contribution < -0.4 is 0 Å². The van der Waals surface area contributed by atoms with Crippen LogP contribution in [0.1, 0.15) is 10.5 Å². The number of carbonyl (C=O) groups excluding carboxylic acids is 1. The molecule has 0 atom stereocenters. The Morgan fingerprint density at radius 2 is 2.17 bits per heavy atom. The van der Waals surface area contributed by atoms with Crippen molar-refractivity contribution in [2.45, 2.75) is 0 Å². The number of hydrogen-bond acceptors (Lipinski definition) is 3. The summed E-state index contributed by atoms with van der Waals surface area (Å²) in [5.74, 6) is 2.17. The van der Waals surface area contributed by atoms with Gasteiger partial charge in [-0.25, -0.2) is 0 Å². The van der Waals surface area contributed by atoms with Gasteiger partial charge in [-0.1, -0.05) is 24.1 Å². The van der Waals surface area contributed by atoms with Crippen molar-refractivity contribution in [3.05, 3.63) is 42.2 Å². The van der Waals surface area contributed by atoms with E-state index in [0.29, 0.717) is 0 Å². The number of terminal acetylenes is 1. The van der Waals surface area contributed by atoms with Crippen LogP contribution in [-0.2, 0) is 0 Å². The minimum absolute atomic E-state index is 0.241. The van der Waals surface area contributed by atoms with E-state index in [1.807, 2.05) is 30.3 Å². The predicted molar refractivity (Wildman–Crippen MR) is 67.2 cm³/mol. The summed E-state index contributed by atoms with van der Waals surface area (Å²) in [5.41, 5.74) is 1.08. The zero-order valence-electron chi connectivity index (χ0n) is 9.95. The molecule has 0 unspecified atom stereocenters. The van der Waals surface area contributed by atoms with E-state index < -0.39 is 0 Å². The molecule has 0 aliphatic carbocycles. The van der Waals surface area contributed by atoms with Gasteiger partial charge in [0.25, 0.3) is 5.91 Å². The second-order valence-corrected chi connectivity index (χ2v) is 3.72. The van der Waals surface area contributed by atoms with Gasteiger partial charge in [0.05, 0.1) is 18.4 Å². The Kier molecular flexibility index (Phi) is 3.39. The Morgan fingerprint density at radius 3 is 2.83 bits per heavy atom. The van der Waals surface area contributed by atoms with Crippen LogP contribution in [0, 0.1) is 12.3 Å². The molecule has 5 heteroatoms.